The second-order valence-corrected chi connectivity index (χ2v) is 11.2. The molecule has 4 heterocycles. The molecule has 2 atom stereocenters. The van der Waals surface area contributed by atoms with Crippen molar-refractivity contribution in [3.05, 3.63) is 109 Å². The van der Waals surface area contributed by atoms with Crippen LogP contribution in [0.2, 0.25) is 0 Å². The number of pyridine rings is 1. The predicted molar refractivity (Wildman–Crippen MR) is 167 cm³/mol. The van der Waals surface area contributed by atoms with Crippen LogP contribution in [0.4, 0.5) is 0 Å². The normalized spacial score (nSPS) is 16.1. The van der Waals surface area contributed by atoms with Crippen molar-refractivity contribution in [2.45, 2.75) is 64.2 Å². The van der Waals surface area contributed by atoms with E-state index < -0.39 is 0 Å². The number of para-hydroxylation sites is 1. The van der Waals surface area contributed by atoms with Gasteiger partial charge in [0.1, 0.15) is 17.3 Å². The summed E-state index contributed by atoms with van der Waals surface area (Å²) in [6.45, 7) is 4.60. The molecule has 3 aromatic heterocycles. The molecule has 0 fully saturated rings. The predicted octanol–water partition coefficient (Wildman–Crippen LogP) is 9.72. The van der Waals surface area contributed by atoms with Crippen molar-refractivity contribution in [2.24, 2.45) is 0 Å². The number of hydrogen-bond donors (Lipinski definition) is 0. The van der Waals surface area contributed by atoms with Crippen molar-refractivity contribution in [1.82, 2.24) is 19.1 Å². The van der Waals surface area contributed by atoms with Gasteiger partial charge in [-0.05, 0) is 66.1 Å². The van der Waals surface area contributed by atoms with E-state index in [-0.39, 0.29) is 0 Å². The number of rotatable bonds is 9. The first-order valence-electron chi connectivity index (χ1n) is 15.1. The molecule has 0 bridgehead atoms. The quantitative estimate of drug-likeness (QED) is 0.183. The molecule has 0 aliphatic carbocycles. The summed E-state index contributed by atoms with van der Waals surface area (Å²) in [5.41, 5.74) is 6.29. The number of unbranched alkanes of at least 4 members (excludes halogenated alkanes) is 2. The molecule has 0 amide bonds. The monoisotopic (exact) mass is 540 g/mol. The molecular formula is C36H36N4O. The van der Waals surface area contributed by atoms with E-state index in [0.717, 1.165) is 28.5 Å². The van der Waals surface area contributed by atoms with Crippen LogP contribution in [0.1, 0.15) is 75.3 Å². The first-order valence-corrected chi connectivity index (χ1v) is 15.1. The molecule has 5 heteroatoms. The van der Waals surface area contributed by atoms with Crippen LogP contribution >= 0.6 is 0 Å². The molecule has 3 aromatic carbocycles. The molecule has 206 valence electrons. The molecule has 0 radical (unpaired) electrons. The molecule has 7 rings (SSSR count). The van der Waals surface area contributed by atoms with E-state index >= 15 is 0 Å². The summed E-state index contributed by atoms with van der Waals surface area (Å²) < 4.78 is 10.9. The third kappa shape index (κ3) is 4.50. The fourth-order valence-corrected chi connectivity index (χ4v) is 6.79. The first kappa shape index (κ1) is 25.6. The number of imidazole rings is 1. The molecule has 6 aromatic rings. The fraction of sp³-hybridized carbons (Fsp3) is 0.278. The van der Waals surface area contributed by atoms with Gasteiger partial charge in [-0.3, -0.25) is 4.57 Å². The number of nitrogens with zero attached hydrogens (tertiary/aromatic N) is 4. The van der Waals surface area contributed by atoms with Crippen molar-refractivity contribution in [3.63, 3.8) is 0 Å². The van der Waals surface area contributed by atoms with Gasteiger partial charge in [0.25, 0.3) is 0 Å². The molecule has 0 N–H and O–H groups in total. The highest BCUT2D eigenvalue weighted by Gasteiger charge is 2.33. The Morgan fingerprint density at radius 3 is 2.34 bits per heavy atom. The summed E-state index contributed by atoms with van der Waals surface area (Å²) in [6, 6.07) is 26.0. The van der Waals surface area contributed by atoms with Crippen molar-refractivity contribution in [3.8, 4) is 23.0 Å². The topological polar surface area (TPSA) is 44.9 Å². The lowest BCUT2D eigenvalue weighted by atomic mass is 9.76. The van der Waals surface area contributed by atoms with Crippen molar-refractivity contribution >= 4 is 21.8 Å². The lowest BCUT2D eigenvalue weighted by molar-refractivity contribution is 0.453. The molecule has 41 heavy (non-hydrogen) atoms. The Labute approximate surface area is 241 Å². The van der Waals surface area contributed by atoms with Crippen LogP contribution in [0.15, 0.2) is 97.7 Å². The molecule has 1 aliphatic rings. The third-order valence-corrected chi connectivity index (χ3v) is 8.70. The summed E-state index contributed by atoms with van der Waals surface area (Å²) in [5, 5.41) is 2.53. The van der Waals surface area contributed by atoms with Gasteiger partial charge >= 0.3 is 0 Å². The summed E-state index contributed by atoms with van der Waals surface area (Å²) in [5.74, 6) is 3.60. The Morgan fingerprint density at radius 2 is 1.54 bits per heavy atom. The fourth-order valence-electron chi connectivity index (χ4n) is 6.79. The number of aromatic nitrogens is 4. The van der Waals surface area contributed by atoms with E-state index in [1.165, 1.54) is 65.9 Å². The zero-order valence-electron chi connectivity index (χ0n) is 23.8. The van der Waals surface area contributed by atoms with Gasteiger partial charge in [0, 0.05) is 41.5 Å². The molecule has 0 saturated carbocycles. The molecule has 2 unspecified atom stereocenters. The van der Waals surface area contributed by atoms with E-state index in [1.807, 2.05) is 35.2 Å². The maximum absolute atomic E-state index is 6.47. The highest BCUT2D eigenvalue weighted by molar-refractivity contribution is 6.11. The van der Waals surface area contributed by atoms with Crippen LogP contribution in [0, 0.1) is 0 Å². The second kappa shape index (κ2) is 10.9. The van der Waals surface area contributed by atoms with Crippen LogP contribution in [0.5, 0.6) is 11.5 Å². The summed E-state index contributed by atoms with van der Waals surface area (Å²) >= 11 is 0. The maximum Gasteiger partial charge on any atom is 0.141 e. The highest BCUT2D eigenvalue weighted by Crippen LogP contribution is 2.49. The molecule has 0 spiro atoms. The number of hydrogen-bond acceptors (Lipinski definition) is 3. The molecule has 1 aliphatic heterocycles. The smallest absolute Gasteiger partial charge is 0.141 e. The van der Waals surface area contributed by atoms with Gasteiger partial charge in [-0.2, -0.15) is 0 Å². The molecule has 5 nitrogen and oxygen atoms in total. The lowest BCUT2D eigenvalue weighted by Crippen LogP contribution is -2.12. The number of ether oxygens (including phenoxy) is 1. The van der Waals surface area contributed by atoms with Crippen molar-refractivity contribution in [1.29, 1.82) is 0 Å². The minimum Gasteiger partial charge on any atom is -0.457 e. The Hall–Kier alpha value is -4.38. The van der Waals surface area contributed by atoms with Gasteiger partial charge in [0.2, 0.25) is 0 Å². The summed E-state index contributed by atoms with van der Waals surface area (Å²) in [6.07, 6.45) is 14.7. The van der Waals surface area contributed by atoms with Crippen LogP contribution in [0.3, 0.4) is 0 Å². The van der Waals surface area contributed by atoms with E-state index in [9.17, 15) is 0 Å². The standard InChI is InChI=1S/C36H36N4O/c1-3-5-12-28-29(13-6-4-2)33-16-9-19-38-36(33)40-34-23-27(17-18-30(34)32-15-8-14-31(28)35(32)40)41-26-11-7-10-25(22-26)39-21-20-37-24-39/h7-11,14-24,28-29H,3-6,12-13H2,1-2H3. The minimum atomic E-state index is 0.455. The van der Waals surface area contributed by atoms with Gasteiger partial charge in [0.15, 0.2) is 0 Å². The second-order valence-electron chi connectivity index (χ2n) is 11.2. The molecular weight excluding hydrogens is 504 g/mol. The number of fused-ring (bicyclic) bond motifs is 5. The van der Waals surface area contributed by atoms with Crippen LogP contribution < -0.4 is 4.74 Å². The zero-order chi connectivity index (χ0) is 27.8. The number of benzene rings is 3. The Bertz CT molecular complexity index is 1820. The van der Waals surface area contributed by atoms with E-state index in [2.05, 4.69) is 78.0 Å². The lowest BCUT2D eigenvalue weighted by Gasteiger charge is -2.27. The van der Waals surface area contributed by atoms with E-state index in [0.29, 0.717) is 11.8 Å². The Kier molecular flexibility index (Phi) is 6.79. The van der Waals surface area contributed by atoms with E-state index in [1.54, 1.807) is 12.5 Å². The van der Waals surface area contributed by atoms with Gasteiger partial charge in [-0.25, -0.2) is 9.97 Å². The van der Waals surface area contributed by atoms with Gasteiger partial charge < -0.3 is 9.30 Å². The average Bonchev–Trinajstić information content (AvgIpc) is 3.63. The average molecular weight is 541 g/mol. The van der Waals surface area contributed by atoms with Gasteiger partial charge in [0.05, 0.1) is 23.0 Å². The summed E-state index contributed by atoms with van der Waals surface area (Å²) in [4.78, 5) is 9.25. The van der Waals surface area contributed by atoms with Gasteiger partial charge in [-0.1, -0.05) is 69.9 Å². The van der Waals surface area contributed by atoms with Crippen molar-refractivity contribution < 1.29 is 4.74 Å². The zero-order valence-corrected chi connectivity index (χ0v) is 23.8. The van der Waals surface area contributed by atoms with Crippen LogP contribution in [0.25, 0.3) is 33.3 Å². The van der Waals surface area contributed by atoms with Gasteiger partial charge in [-0.15, -0.1) is 0 Å². The SMILES string of the molecule is CCCCC1c2cccnc2-n2c3cc(Oc4cccc(-n5ccnc5)c4)ccc3c3cccc(c32)C1CCCC. The van der Waals surface area contributed by atoms with Crippen molar-refractivity contribution in [2.75, 3.05) is 0 Å². The Balaban J connectivity index is 1.41. The summed E-state index contributed by atoms with van der Waals surface area (Å²) in [7, 11) is 0. The highest BCUT2D eigenvalue weighted by atomic mass is 16.5. The molecule has 0 saturated heterocycles. The maximum atomic E-state index is 6.47. The Morgan fingerprint density at radius 1 is 0.756 bits per heavy atom. The van der Waals surface area contributed by atoms with E-state index in [4.69, 9.17) is 9.72 Å². The minimum absolute atomic E-state index is 0.455. The first-order chi connectivity index (χ1) is 20.3. The van der Waals surface area contributed by atoms with Crippen LogP contribution in [-0.2, 0) is 0 Å². The van der Waals surface area contributed by atoms with Crippen LogP contribution in [-0.4, -0.2) is 19.1 Å². The third-order valence-electron chi connectivity index (χ3n) is 8.70. The largest absolute Gasteiger partial charge is 0.457 e.